The highest BCUT2D eigenvalue weighted by molar-refractivity contribution is 9.39. The molecule has 0 heterocycles. The predicted molar refractivity (Wildman–Crippen MR) is 75.4 cm³/mol. The van der Waals surface area contributed by atoms with Gasteiger partial charge in [0.05, 0.1) is 0 Å². The molecule has 0 aliphatic rings. The number of alkyl halides is 3. The van der Waals surface area contributed by atoms with Crippen molar-refractivity contribution in [3.05, 3.63) is 35.9 Å². The highest BCUT2D eigenvalue weighted by Gasteiger charge is 2.49. The molecular weight excluding hydrogens is 404 g/mol. The van der Waals surface area contributed by atoms with Crippen molar-refractivity contribution in [1.29, 1.82) is 0 Å². The van der Waals surface area contributed by atoms with E-state index in [1.165, 1.54) is 0 Å². The lowest BCUT2D eigenvalue weighted by molar-refractivity contribution is -0.147. The fourth-order valence-corrected chi connectivity index (χ4v) is 2.23. The zero-order valence-electron chi connectivity index (χ0n) is 8.58. The van der Waals surface area contributed by atoms with Gasteiger partial charge in [0.2, 0.25) is 0 Å². The number of halogens is 3. The van der Waals surface area contributed by atoms with Crippen LogP contribution in [0.4, 0.5) is 0 Å². The molecule has 0 spiro atoms. The van der Waals surface area contributed by atoms with Gasteiger partial charge < -0.3 is 5.11 Å². The second kappa shape index (κ2) is 5.19. The van der Waals surface area contributed by atoms with E-state index in [2.05, 4.69) is 47.8 Å². The highest BCUT2D eigenvalue weighted by Crippen LogP contribution is 2.51. The van der Waals surface area contributed by atoms with Gasteiger partial charge in [0.1, 0.15) is 5.41 Å². The second-order valence-corrected chi connectivity index (χ2v) is 10.6. The first kappa shape index (κ1) is 14.2. The average molecular weight is 415 g/mol. The van der Waals surface area contributed by atoms with E-state index in [1.807, 2.05) is 30.3 Å². The van der Waals surface area contributed by atoms with Crippen LogP contribution in [0.5, 0.6) is 0 Å². The molecule has 0 aromatic heterocycles. The first-order valence-electron chi connectivity index (χ1n) is 4.61. The minimum atomic E-state index is -0.992. The molecule has 1 aromatic carbocycles. The van der Waals surface area contributed by atoms with Gasteiger partial charge in [0.25, 0.3) is 0 Å². The number of aliphatic carboxylic acids is 1. The topological polar surface area (TPSA) is 37.3 Å². The third kappa shape index (κ3) is 3.08. The summed E-state index contributed by atoms with van der Waals surface area (Å²) in [6.45, 7) is 1.68. The average Bonchev–Trinajstić information content (AvgIpc) is 2.17. The van der Waals surface area contributed by atoms with Crippen LogP contribution in [-0.2, 0) is 11.2 Å². The highest BCUT2D eigenvalue weighted by atomic mass is 80.0. The largest absolute Gasteiger partial charge is 0.481 e. The van der Waals surface area contributed by atoms with E-state index in [-0.39, 0.29) is 0 Å². The molecule has 1 unspecified atom stereocenters. The number of rotatable bonds is 3. The lowest BCUT2D eigenvalue weighted by Gasteiger charge is -2.33. The normalized spacial score (nSPS) is 15.5. The Hall–Kier alpha value is 0.130. The molecular formula is C11H11Br3O2. The van der Waals surface area contributed by atoms with E-state index in [1.54, 1.807) is 6.92 Å². The Kier molecular flexibility index (Phi) is 4.60. The van der Waals surface area contributed by atoms with Crippen molar-refractivity contribution < 1.29 is 9.90 Å². The van der Waals surface area contributed by atoms with Crippen molar-refractivity contribution in [2.24, 2.45) is 5.41 Å². The number of hydrogen-bond donors (Lipinski definition) is 1. The molecule has 0 aliphatic carbocycles. The van der Waals surface area contributed by atoms with Crippen LogP contribution in [0.3, 0.4) is 0 Å². The molecule has 1 atom stereocenters. The first-order valence-corrected chi connectivity index (χ1v) is 6.99. The number of carboxylic acid groups (broad SMARTS) is 1. The SMILES string of the molecule is CC(Cc1ccccc1)(C(=O)O)C(Br)(Br)Br. The van der Waals surface area contributed by atoms with Gasteiger partial charge in [-0.15, -0.1) is 0 Å². The standard InChI is InChI=1S/C11H11Br3O2/c1-10(9(15)16,11(12,13)14)7-8-5-3-2-4-6-8/h2-6H,7H2,1H3,(H,15,16). The maximum atomic E-state index is 11.4. The lowest BCUT2D eigenvalue weighted by Crippen LogP contribution is -2.41. The van der Waals surface area contributed by atoms with Crippen molar-refractivity contribution in [2.45, 2.75) is 15.5 Å². The Bertz CT molecular complexity index is 373. The Morgan fingerprint density at radius 3 is 2.12 bits per heavy atom. The van der Waals surface area contributed by atoms with Crippen LogP contribution >= 0.6 is 47.8 Å². The molecule has 0 saturated carbocycles. The van der Waals surface area contributed by atoms with Crippen LogP contribution < -0.4 is 0 Å². The summed E-state index contributed by atoms with van der Waals surface area (Å²) >= 11 is 9.94. The molecule has 2 nitrogen and oxygen atoms in total. The van der Waals surface area contributed by atoms with Crippen LogP contribution in [0.2, 0.25) is 0 Å². The number of benzene rings is 1. The van der Waals surface area contributed by atoms with Crippen molar-refractivity contribution in [1.82, 2.24) is 0 Å². The van der Waals surface area contributed by atoms with Gasteiger partial charge in [-0.1, -0.05) is 78.1 Å². The monoisotopic (exact) mass is 412 g/mol. The maximum Gasteiger partial charge on any atom is 0.312 e. The number of carboxylic acids is 1. The molecule has 88 valence electrons. The summed E-state index contributed by atoms with van der Waals surface area (Å²) < 4.78 is -0.832. The fraction of sp³-hybridized carbons (Fsp3) is 0.364. The summed E-state index contributed by atoms with van der Waals surface area (Å²) in [6, 6.07) is 9.54. The maximum absolute atomic E-state index is 11.4. The van der Waals surface area contributed by atoms with E-state index < -0.39 is 13.5 Å². The molecule has 0 amide bonds. The zero-order valence-corrected chi connectivity index (χ0v) is 13.3. The Morgan fingerprint density at radius 2 is 1.75 bits per heavy atom. The van der Waals surface area contributed by atoms with E-state index in [0.29, 0.717) is 6.42 Å². The summed E-state index contributed by atoms with van der Waals surface area (Å²) in [7, 11) is 0. The fourth-order valence-electron chi connectivity index (χ4n) is 1.30. The zero-order chi connectivity index (χ0) is 12.4. The molecule has 0 bridgehead atoms. The van der Waals surface area contributed by atoms with Crippen molar-refractivity contribution in [2.75, 3.05) is 0 Å². The van der Waals surface area contributed by atoms with E-state index in [4.69, 9.17) is 0 Å². The Balaban J connectivity index is 3.03. The van der Waals surface area contributed by atoms with Gasteiger partial charge in [0, 0.05) is 0 Å². The van der Waals surface area contributed by atoms with Gasteiger partial charge in [-0.25, -0.2) is 0 Å². The third-order valence-corrected chi connectivity index (χ3v) is 5.12. The van der Waals surface area contributed by atoms with Crippen molar-refractivity contribution in [3.63, 3.8) is 0 Å². The molecule has 0 radical (unpaired) electrons. The Morgan fingerprint density at radius 1 is 1.25 bits per heavy atom. The van der Waals surface area contributed by atoms with Gasteiger partial charge in [0.15, 0.2) is 2.14 Å². The van der Waals surface area contributed by atoms with E-state index >= 15 is 0 Å². The molecule has 16 heavy (non-hydrogen) atoms. The number of carbonyl (C=O) groups is 1. The summed E-state index contributed by atoms with van der Waals surface area (Å²) in [5, 5.41) is 9.34. The quantitative estimate of drug-likeness (QED) is 0.754. The summed E-state index contributed by atoms with van der Waals surface area (Å²) in [6.07, 6.45) is 0.422. The molecule has 1 N–H and O–H groups in total. The van der Waals surface area contributed by atoms with Crippen LogP contribution in [0.25, 0.3) is 0 Å². The summed E-state index contributed by atoms with van der Waals surface area (Å²) in [5.41, 5.74) is -0.0101. The number of hydrogen-bond acceptors (Lipinski definition) is 1. The molecule has 0 saturated heterocycles. The Labute approximate surface area is 120 Å². The second-order valence-electron chi connectivity index (χ2n) is 3.80. The van der Waals surface area contributed by atoms with Gasteiger partial charge in [-0.2, -0.15) is 0 Å². The van der Waals surface area contributed by atoms with Crippen LogP contribution in [0.15, 0.2) is 30.3 Å². The molecule has 0 fully saturated rings. The minimum Gasteiger partial charge on any atom is -0.481 e. The smallest absolute Gasteiger partial charge is 0.312 e. The van der Waals surface area contributed by atoms with Crippen molar-refractivity contribution >= 4 is 53.8 Å². The van der Waals surface area contributed by atoms with Gasteiger partial charge in [-0.05, 0) is 18.9 Å². The summed E-state index contributed by atoms with van der Waals surface area (Å²) in [5.74, 6) is -0.873. The minimum absolute atomic E-state index is 0.422. The van der Waals surface area contributed by atoms with Crippen LogP contribution in [0.1, 0.15) is 12.5 Å². The van der Waals surface area contributed by atoms with Crippen LogP contribution in [0, 0.1) is 5.41 Å². The van der Waals surface area contributed by atoms with Crippen LogP contribution in [-0.4, -0.2) is 13.2 Å². The van der Waals surface area contributed by atoms with E-state index in [9.17, 15) is 9.90 Å². The molecule has 1 rings (SSSR count). The van der Waals surface area contributed by atoms with E-state index in [0.717, 1.165) is 5.56 Å². The molecule has 5 heteroatoms. The predicted octanol–water partition coefficient (Wildman–Crippen LogP) is 4.16. The van der Waals surface area contributed by atoms with Gasteiger partial charge >= 0.3 is 5.97 Å². The van der Waals surface area contributed by atoms with Gasteiger partial charge in [-0.3, -0.25) is 4.79 Å². The van der Waals surface area contributed by atoms with Crippen molar-refractivity contribution in [3.8, 4) is 0 Å². The third-order valence-electron chi connectivity index (χ3n) is 2.50. The molecule has 0 aliphatic heterocycles. The molecule has 1 aromatic rings. The first-order chi connectivity index (χ1) is 7.27. The summed E-state index contributed by atoms with van der Waals surface area (Å²) in [4.78, 5) is 11.4. The lowest BCUT2D eigenvalue weighted by atomic mass is 9.86.